The molecule has 118 valence electrons. The zero-order chi connectivity index (χ0) is 15.0. The van der Waals surface area contributed by atoms with E-state index >= 15 is 0 Å². The minimum atomic E-state index is -0.215. The van der Waals surface area contributed by atoms with Gasteiger partial charge < -0.3 is 15.2 Å². The van der Waals surface area contributed by atoms with Gasteiger partial charge in [0.25, 0.3) is 0 Å². The molecule has 0 aromatic rings. The number of ether oxygens (including phenoxy) is 2. The van der Waals surface area contributed by atoms with Crippen molar-refractivity contribution in [2.24, 2.45) is 11.7 Å². The van der Waals surface area contributed by atoms with Gasteiger partial charge in [-0.25, -0.2) is 0 Å². The van der Waals surface area contributed by atoms with Crippen molar-refractivity contribution in [2.45, 2.75) is 96.1 Å². The number of hydrogen-bond donors (Lipinski definition) is 1. The summed E-state index contributed by atoms with van der Waals surface area (Å²) in [5.41, 5.74) is 5.67. The fourth-order valence-corrected chi connectivity index (χ4v) is 3.98. The highest BCUT2D eigenvalue weighted by Crippen LogP contribution is 2.44. The van der Waals surface area contributed by atoms with Crippen LogP contribution < -0.4 is 5.73 Å². The summed E-state index contributed by atoms with van der Waals surface area (Å²) in [6.07, 6.45) is 7.12. The van der Waals surface area contributed by atoms with E-state index in [1.807, 2.05) is 0 Å². The van der Waals surface area contributed by atoms with E-state index in [1.165, 1.54) is 19.3 Å². The molecule has 0 aromatic heterocycles. The second-order valence-electron chi connectivity index (χ2n) is 8.01. The maximum absolute atomic E-state index is 6.58. The van der Waals surface area contributed by atoms with Gasteiger partial charge in [-0.3, -0.25) is 0 Å². The molecule has 1 saturated carbocycles. The Hall–Kier alpha value is -0.120. The average molecular weight is 283 g/mol. The first-order chi connectivity index (χ1) is 9.22. The molecule has 1 heterocycles. The van der Waals surface area contributed by atoms with Crippen LogP contribution in [-0.4, -0.2) is 29.5 Å². The Bertz CT molecular complexity index is 330. The van der Waals surface area contributed by atoms with E-state index < -0.39 is 0 Å². The van der Waals surface area contributed by atoms with E-state index in [0.29, 0.717) is 6.54 Å². The van der Waals surface area contributed by atoms with Crippen molar-refractivity contribution in [1.29, 1.82) is 0 Å². The highest BCUT2D eigenvalue weighted by atomic mass is 16.6. The van der Waals surface area contributed by atoms with Crippen molar-refractivity contribution in [3.05, 3.63) is 0 Å². The van der Waals surface area contributed by atoms with Crippen LogP contribution in [0.1, 0.15) is 73.1 Å². The highest BCUT2D eigenvalue weighted by molar-refractivity contribution is 4.99. The van der Waals surface area contributed by atoms with Gasteiger partial charge in [0.2, 0.25) is 0 Å². The maximum atomic E-state index is 6.58. The second-order valence-corrected chi connectivity index (χ2v) is 8.01. The van der Waals surface area contributed by atoms with Crippen LogP contribution >= 0.6 is 0 Å². The first kappa shape index (κ1) is 16.3. The molecule has 2 aliphatic rings. The van der Waals surface area contributed by atoms with Gasteiger partial charge in [0.1, 0.15) is 0 Å². The third-order valence-electron chi connectivity index (χ3n) is 5.35. The third kappa shape index (κ3) is 3.37. The van der Waals surface area contributed by atoms with Gasteiger partial charge in [0.05, 0.1) is 22.9 Å². The number of rotatable bonds is 4. The van der Waals surface area contributed by atoms with E-state index in [2.05, 4.69) is 34.6 Å². The van der Waals surface area contributed by atoms with Crippen molar-refractivity contribution in [3.63, 3.8) is 0 Å². The van der Waals surface area contributed by atoms with Gasteiger partial charge in [-0.1, -0.05) is 13.3 Å². The molecule has 0 spiro atoms. The van der Waals surface area contributed by atoms with Gasteiger partial charge in [0.15, 0.2) is 0 Å². The summed E-state index contributed by atoms with van der Waals surface area (Å²) in [6, 6.07) is 0. The van der Waals surface area contributed by atoms with Crippen LogP contribution in [0, 0.1) is 5.92 Å². The Labute approximate surface area is 124 Å². The summed E-state index contributed by atoms with van der Waals surface area (Å²) in [5, 5.41) is 0. The van der Waals surface area contributed by atoms with E-state index in [1.54, 1.807) is 0 Å². The zero-order valence-corrected chi connectivity index (χ0v) is 14.0. The molecule has 0 amide bonds. The van der Waals surface area contributed by atoms with Gasteiger partial charge in [-0.05, 0) is 59.3 Å². The first-order valence-corrected chi connectivity index (χ1v) is 8.30. The van der Waals surface area contributed by atoms with E-state index in [9.17, 15) is 0 Å². The van der Waals surface area contributed by atoms with Crippen molar-refractivity contribution in [1.82, 2.24) is 0 Å². The summed E-state index contributed by atoms with van der Waals surface area (Å²) >= 11 is 0. The maximum Gasteiger partial charge on any atom is 0.0895 e. The van der Waals surface area contributed by atoms with Crippen LogP contribution in [0.2, 0.25) is 0 Å². The Morgan fingerprint density at radius 3 is 2.15 bits per heavy atom. The van der Waals surface area contributed by atoms with Crippen LogP contribution in [0.25, 0.3) is 0 Å². The summed E-state index contributed by atoms with van der Waals surface area (Å²) in [4.78, 5) is 0. The first-order valence-electron chi connectivity index (χ1n) is 8.30. The van der Waals surface area contributed by atoms with Crippen molar-refractivity contribution < 1.29 is 9.47 Å². The minimum absolute atomic E-state index is 0.0927. The van der Waals surface area contributed by atoms with Gasteiger partial charge >= 0.3 is 0 Å². The Balaban J connectivity index is 2.04. The standard InChI is InChI=1S/C17H33NO2/c1-6-13-7-9-17(12-18,10-8-13)19-14-11-15(2,3)20-16(14,4)5/h13-14H,6-12,18H2,1-5H3. The molecule has 3 nitrogen and oxygen atoms in total. The summed E-state index contributed by atoms with van der Waals surface area (Å²) in [6.45, 7) is 11.5. The lowest BCUT2D eigenvalue weighted by molar-refractivity contribution is -0.162. The fourth-order valence-electron chi connectivity index (χ4n) is 3.98. The monoisotopic (exact) mass is 283 g/mol. The number of hydrogen-bond acceptors (Lipinski definition) is 3. The van der Waals surface area contributed by atoms with Crippen molar-refractivity contribution >= 4 is 0 Å². The van der Waals surface area contributed by atoms with Gasteiger partial charge in [-0.15, -0.1) is 0 Å². The Morgan fingerprint density at radius 2 is 1.75 bits per heavy atom. The molecule has 2 rings (SSSR count). The van der Waals surface area contributed by atoms with Crippen molar-refractivity contribution in [3.8, 4) is 0 Å². The topological polar surface area (TPSA) is 44.5 Å². The molecule has 3 heteroatoms. The quantitative estimate of drug-likeness (QED) is 0.856. The average Bonchev–Trinajstić information content (AvgIpc) is 2.58. The van der Waals surface area contributed by atoms with E-state index in [0.717, 1.165) is 25.2 Å². The molecule has 2 N–H and O–H groups in total. The molecule has 1 aliphatic carbocycles. The van der Waals surface area contributed by atoms with Gasteiger partial charge in [0, 0.05) is 13.0 Å². The van der Waals surface area contributed by atoms with Crippen LogP contribution in [0.4, 0.5) is 0 Å². The Morgan fingerprint density at radius 1 is 1.15 bits per heavy atom. The SMILES string of the molecule is CCC1CCC(CN)(OC2CC(C)(C)OC2(C)C)CC1. The van der Waals surface area contributed by atoms with Crippen molar-refractivity contribution in [2.75, 3.05) is 6.54 Å². The lowest BCUT2D eigenvalue weighted by Gasteiger charge is -2.43. The van der Waals surface area contributed by atoms with E-state index in [4.69, 9.17) is 15.2 Å². The largest absolute Gasteiger partial charge is 0.367 e. The lowest BCUT2D eigenvalue weighted by atomic mass is 9.77. The summed E-state index contributed by atoms with van der Waals surface area (Å²) < 4.78 is 12.7. The van der Waals surface area contributed by atoms with E-state index in [-0.39, 0.29) is 22.9 Å². The second kappa shape index (κ2) is 5.58. The molecule has 1 aliphatic heterocycles. The smallest absolute Gasteiger partial charge is 0.0895 e. The molecule has 1 unspecified atom stereocenters. The predicted octanol–water partition coefficient (Wildman–Crippen LogP) is 3.65. The number of nitrogens with two attached hydrogens (primary N) is 1. The van der Waals surface area contributed by atoms with Crippen LogP contribution in [0.5, 0.6) is 0 Å². The highest BCUT2D eigenvalue weighted by Gasteiger charge is 2.50. The zero-order valence-electron chi connectivity index (χ0n) is 14.0. The molecule has 2 fully saturated rings. The lowest BCUT2D eigenvalue weighted by Crippen LogP contribution is -2.49. The molecule has 0 aromatic carbocycles. The molecular formula is C17H33NO2. The molecule has 1 atom stereocenters. The summed E-state index contributed by atoms with van der Waals surface area (Å²) in [5.74, 6) is 0.863. The normalized spacial score (nSPS) is 39.9. The van der Waals surface area contributed by atoms with Crippen LogP contribution in [0.15, 0.2) is 0 Å². The predicted molar refractivity (Wildman–Crippen MR) is 82.8 cm³/mol. The fraction of sp³-hybridized carbons (Fsp3) is 1.00. The van der Waals surface area contributed by atoms with Gasteiger partial charge in [-0.2, -0.15) is 0 Å². The van der Waals surface area contributed by atoms with Crippen LogP contribution in [-0.2, 0) is 9.47 Å². The molecule has 0 bridgehead atoms. The minimum Gasteiger partial charge on any atom is -0.367 e. The molecular weight excluding hydrogens is 250 g/mol. The molecule has 20 heavy (non-hydrogen) atoms. The molecule has 1 saturated heterocycles. The summed E-state index contributed by atoms with van der Waals surface area (Å²) in [7, 11) is 0. The Kier molecular flexibility index (Phi) is 4.54. The molecule has 0 radical (unpaired) electrons. The third-order valence-corrected chi connectivity index (χ3v) is 5.35. The van der Waals surface area contributed by atoms with Crippen LogP contribution in [0.3, 0.4) is 0 Å².